The summed E-state index contributed by atoms with van der Waals surface area (Å²) in [5.74, 6) is 0.567. The van der Waals surface area contributed by atoms with E-state index in [1.54, 1.807) is 42.6 Å². The van der Waals surface area contributed by atoms with Crippen LogP contribution in [0.4, 0.5) is 5.69 Å². The van der Waals surface area contributed by atoms with E-state index in [4.69, 9.17) is 9.47 Å². The molecule has 0 saturated carbocycles. The maximum absolute atomic E-state index is 13.2. The number of rotatable bonds is 12. The van der Waals surface area contributed by atoms with Gasteiger partial charge in [0.15, 0.2) is 0 Å². The molecule has 0 atom stereocenters. The van der Waals surface area contributed by atoms with Gasteiger partial charge in [0.25, 0.3) is 0 Å². The molecular formula is C28H29N3O5. The van der Waals surface area contributed by atoms with E-state index < -0.39 is 16.2 Å². The quantitative estimate of drug-likeness (QED) is 0.143. The van der Waals surface area contributed by atoms with Crippen molar-refractivity contribution >= 4 is 16.7 Å². The predicted molar refractivity (Wildman–Crippen MR) is 139 cm³/mol. The van der Waals surface area contributed by atoms with Crippen molar-refractivity contribution in [3.05, 3.63) is 99.0 Å². The third-order valence-electron chi connectivity index (χ3n) is 5.85. The third kappa shape index (κ3) is 5.78. The number of nitro groups is 1. The molecule has 0 saturated heterocycles. The van der Waals surface area contributed by atoms with Crippen LogP contribution in [-0.4, -0.2) is 27.7 Å². The van der Waals surface area contributed by atoms with Gasteiger partial charge in [-0.05, 0) is 41.8 Å². The normalized spacial score (nSPS) is 11.0. The van der Waals surface area contributed by atoms with Gasteiger partial charge in [-0.25, -0.2) is 4.98 Å². The van der Waals surface area contributed by atoms with Crippen LogP contribution in [0.3, 0.4) is 0 Å². The highest BCUT2D eigenvalue weighted by molar-refractivity contribution is 5.97. The first-order valence-corrected chi connectivity index (χ1v) is 12.1. The fourth-order valence-electron chi connectivity index (χ4n) is 4.11. The minimum atomic E-state index is -0.642. The largest absolute Gasteiger partial charge is 0.493 e. The molecule has 4 rings (SSSR count). The van der Waals surface area contributed by atoms with Crippen LogP contribution in [-0.2, 0) is 17.9 Å². The molecule has 0 fully saturated rings. The van der Waals surface area contributed by atoms with E-state index >= 15 is 0 Å². The van der Waals surface area contributed by atoms with E-state index in [9.17, 15) is 14.9 Å². The van der Waals surface area contributed by atoms with Crippen LogP contribution in [0.1, 0.15) is 31.7 Å². The van der Waals surface area contributed by atoms with E-state index in [-0.39, 0.29) is 5.56 Å². The van der Waals surface area contributed by atoms with Crippen molar-refractivity contribution in [3.8, 4) is 16.9 Å². The molecule has 0 aliphatic heterocycles. The zero-order valence-corrected chi connectivity index (χ0v) is 20.3. The highest BCUT2D eigenvalue weighted by Gasteiger charge is 2.27. The van der Waals surface area contributed by atoms with Crippen molar-refractivity contribution < 1.29 is 14.4 Å². The summed E-state index contributed by atoms with van der Waals surface area (Å²) in [7, 11) is 0. The van der Waals surface area contributed by atoms with Gasteiger partial charge in [-0.15, -0.1) is 0 Å². The number of nitrogens with zero attached hydrogens (tertiary/aromatic N) is 3. The van der Waals surface area contributed by atoms with E-state index in [1.807, 2.05) is 37.3 Å². The molecule has 0 radical (unpaired) electrons. The summed E-state index contributed by atoms with van der Waals surface area (Å²) >= 11 is 0. The number of hydrogen-bond acceptors (Lipinski definition) is 6. The smallest absolute Gasteiger partial charge is 0.342 e. The first-order valence-electron chi connectivity index (χ1n) is 12.1. The summed E-state index contributed by atoms with van der Waals surface area (Å²) in [6, 6.07) is 20.5. The van der Waals surface area contributed by atoms with Crippen LogP contribution in [0.5, 0.6) is 5.75 Å². The molecule has 0 aliphatic rings. The van der Waals surface area contributed by atoms with Crippen molar-refractivity contribution in [2.75, 3.05) is 13.2 Å². The Bertz CT molecular complexity index is 1390. The Morgan fingerprint density at radius 1 is 1.00 bits per heavy atom. The average molecular weight is 488 g/mol. The highest BCUT2D eigenvalue weighted by atomic mass is 16.6. The van der Waals surface area contributed by atoms with E-state index in [2.05, 4.69) is 4.98 Å². The molecule has 2 aromatic carbocycles. The van der Waals surface area contributed by atoms with Gasteiger partial charge in [-0.2, -0.15) is 0 Å². The highest BCUT2D eigenvalue weighted by Crippen LogP contribution is 2.35. The predicted octanol–water partition coefficient (Wildman–Crippen LogP) is 5.76. The Labute approximate surface area is 209 Å². The molecule has 8 heteroatoms. The fraction of sp³-hybridized carbons (Fsp3) is 0.286. The molecule has 186 valence electrons. The van der Waals surface area contributed by atoms with E-state index in [1.165, 1.54) is 4.57 Å². The van der Waals surface area contributed by atoms with Gasteiger partial charge in [-0.3, -0.25) is 19.5 Å². The molecule has 0 spiro atoms. The molecular weight excluding hydrogens is 458 g/mol. The number of aryl methyl sites for hydroxylation is 1. The topological polar surface area (TPSA) is 96.5 Å². The van der Waals surface area contributed by atoms with Gasteiger partial charge >= 0.3 is 11.2 Å². The number of pyridine rings is 2. The lowest BCUT2D eigenvalue weighted by atomic mass is 10.00. The summed E-state index contributed by atoms with van der Waals surface area (Å²) in [6.45, 7) is 3.91. The van der Waals surface area contributed by atoms with Crippen molar-refractivity contribution in [1.29, 1.82) is 0 Å². The molecule has 0 unspecified atom stereocenters. The summed E-state index contributed by atoms with van der Waals surface area (Å²) in [5.41, 5.74) is 1.27. The first kappa shape index (κ1) is 25.1. The molecule has 0 aliphatic carbocycles. The summed E-state index contributed by atoms with van der Waals surface area (Å²) in [4.78, 5) is 29.1. The lowest BCUT2D eigenvalue weighted by Crippen LogP contribution is -2.25. The maximum Gasteiger partial charge on any atom is 0.342 e. The Balaban J connectivity index is 1.55. The summed E-state index contributed by atoms with van der Waals surface area (Å²) in [6.07, 6.45) is 3.87. The molecule has 36 heavy (non-hydrogen) atoms. The molecule has 0 bridgehead atoms. The second-order valence-corrected chi connectivity index (χ2v) is 8.43. The fourth-order valence-corrected chi connectivity index (χ4v) is 4.11. The lowest BCUT2D eigenvalue weighted by molar-refractivity contribution is -0.385. The standard InChI is InChI=1S/C28H29N3O5/c1-2-3-16-30-27-24(14-8-15-29-27)25(26(28(30)32)31(33)34)22-12-7-13-23(19-22)36-18-9-17-35-20-21-10-5-4-6-11-21/h4-8,10-15,19H,2-3,9,16-18,20H2,1H3. The molecule has 2 aromatic heterocycles. The number of hydrogen-bond donors (Lipinski definition) is 0. The number of aromatic nitrogens is 2. The maximum atomic E-state index is 13.2. The zero-order chi connectivity index (χ0) is 25.3. The van der Waals surface area contributed by atoms with Crippen molar-refractivity contribution in [1.82, 2.24) is 9.55 Å². The van der Waals surface area contributed by atoms with Crippen molar-refractivity contribution in [3.63, 3.8) is 0 Å². The van der Waals surface area contributed by atoms with Gasteiger partial charge in [0, 0.05) is 24.5 Å². The van der Waals surface area contributed by atoms with Crippen LogP contribution >= 0.6 is 0 Å². The SMILES string of the molecule is CCCCn1c(=O)c([N+](=O)[O-])c(-c2cccc(OCCCOCc3ccccc3)c2)c2cccnc21. The second-order valence-electron chi connectivity index (χ2n) is 8.43. The summed E-state index contributed by atoms with van der Waals surface area (Å²) in [5, 5.41) is 12.6. The summed E-state index contributed by atoms with van der Waals surface area (Å²) < 4.78 is 13.0. The van der Waals surface area contributed by atoms with Crippen molar-refractivity contribution in [2.24, 2.45) is 0 Å². The van der Waals surface area contributed by atoms with Gasteiger partial charge in [0.1, 0.15) is 11.4 Å². The first-order chi connectivity index (χ1) is 17.6. The number of ether oxygens (including phenoxy) is 2. The second kappa shape index (κ2) is 12.1. The van der Waals surface area contributed by atoms with E-state index in [0.29, 0.717) is 55.1 Å². The molecule has 2 heterocycles. The average Bonchev–Trinajstić information content (AvgIpc) is 2.90. The van der Waals surface area contributed by atoms with E-state index in [0.717, 1.165) is 18.4 Å². The molecule has 0 amide bonds. The zero-order valence-electron chi connectivity index (χ0n) is 20.3. The van der Waals surface area contributed by atoms with Crippen LogP contribution < -0.4 is 10.3 Å². The van der Waals surface area contributed by atoms with Crippen LogP contribution in [0.25, 0.3) is 22.2 Å². The molecule has 8 nitrogen and oxygen atoms in total. The van der Waals surface area contributed by atoms with Crippen LogP contribution in [0, 0.1) is 10.1 Å². The number of benzene rings is 2. The van der Waals surface area contributed by atoms with Gasteiger partial charge in [-0.1, -0.05) is 55.8 Å². The van der Waals surface area contributed by atoms with Gasteiger partial charge in [0.2, 0.25) is 0 Å². The minimum Gasteiger partial charge on any atom is -0.493 e. The minimum absolute atomic E-state index is 0.262. The van der Waals surface area contributed by atoms with Gasteiger partial charge < -0.3 is 9.47 Å². The van der Waals surface area contributed by atoms with Crippen LogP contribution in [0.2, 0.25) is 0 Å². The van der Waals surface area contributed by atoms with Gasteiger partial charge in [0.05, 0.1) is 30.3 Å². The Kier molecular flexibility index (Phi) is 8.41. The van der Waals surface area contributed by atoms with Crippen LogP contribution in [0.15, 0.2) is 77.7 Å². The third-order valence-corrected chi connectivity index (χ3v) is 5.85. The Morgan fingerprint density at radius 3 is 2.61 bits per heavy atom. The monoisotopic (exact) mass is 487 g/mol. The Morgan fingerprint density at radius 2 is 1.83 bits per heavy atom. The lowest BCUT2D eigenvalue weighted by Gasteiger charge is -2.14. The van der Waals surface area contributed by atoms with Crippen molar-refractivity contribution in [2.45, 2.75) is 39.3 Å². The molecule has 4 aromatic rings. The number of unbranched alkanes of at least 4 members (excludes halogenated alkanes) is 1. The molecule has 0 N–H and O–H groups in total. The Hall–Kier alpha value is -4.04. The number of fused-ring (bicyclic) bond motifs is 1.